The number of aromatic carboxylic acids is 2. The van der Waals surface area contributed by atoms with Gasteiger partial charge in [0.1, 0.15) is 11.4 Å². The first kappa shape index (κ1) is 27.6. The van der Waals surface area contributed by atoms with Crippen LogP contribution in [-0.4, -0.2) is 46.3 Å². The third-order valence-corrected chi connectivity index (χ3v) is 2.43. The van der Waals surface area contributed by atoms with E-state index in [0.717, 1.165) is 6.07 Å². The Balaban J connectivity index is 0.000000492. The number of hydrogen-bond donors (Lipinski definition) is 6. The largest absolute Gasteiger partial charge is 0.477 e. The molecule has 0 saturated heterocycles. The van der Waals surface area contributed by atoms with Crippen LogP contribution in [0.2, 0.25) is 0 Å². The van der Waals surface area contributed by atoms with E-state index >= 15 is 0 Å². The first-order valence-electron chi connectivity index (χ1n) is 6.82. The van der Waals surface area contributed by atoms with E-state index in [4.69, 9.17) is 10.2 Å². The maximum atomic E-state index is 12.2. The zero-order chi connectivity index (χ0) is 24.7. The van der Waals surface area contributed by atoms with Gasteiger partial charge in [-0.05, 0) is 0 Å². The molecule has 0 bridgehead atoms. The predicted octanol–water partition coefficient (Wildman–Crippen LogP) is 0.483. The molecule has 19 heteroatoms. The van der Waals surface area contributed by atoms with Crippen LogP contribution in [0.5, 0.6) is 0 Å². The molecule has 0 atom stereocenters. The lowest BCUT2D eigenvalue weighted by atomic mass is 10.2. The molecule has 31 heavy (non-hydrogen) atoms. The van der Waals surface area contributed by atoms with E-state index in [1.807, 2.05) is 9.97 Å². The van der Waals surface area contributed by atoms with Gasteiger partial charge in [0.15, 0.2) is 5.56 Å². The average Bonchev–Trinajstić information content (AvgIpc) is 2.50. The molecule has 2 aromatic rings. The summed E-state index contributed by atoms with van der Waals surface area (Å²) >= 11 is 0.378. The summed E-state index contributed by atoms with van der Waals surface area (Å²) in [4.78, 5) is 69.2. The third kappa shape index (κ3) is 10.8. The lowest BCUT2D eigenvalue weighted by Crippen LogP contribution is -2.34. The van der Waals surface area contributed by atoms with Gasteiger partial charge in [0, 0.05) is 28.7 Å². The number of carbonyl (C=O) groups is 2. The summed E-state index contributed by atoms with van der Waals surface area (Å²) in [7, 11) is 0. The summed E-state index contributed by atoms with van der Waals surface area (Å²) in [5.41, 5.74) is -8.49. The summed E-state index contributed by atoms with van der Waals surface area (Å²) in [6, 6.07) is 0.795. The number of aromatic amines is 4. The minimum atomic E-state index is -5.15. The smallest absolute Gasteiger partial charge is 0.441 e. The molecule has 2 heterocycles. The number of carboxylic acid groups (broad SMARTS) is 2. The first-order chi connectivity index (χ1) is 13.8. The maximum absolute atomic E-state index is 12.2. The van der Waals surface area contributed by atoms with Crippen molar-refractivity contribution < 1.29 is 46.1 Å². The molecule has 6 N–H and O–H groups in total. The molecule has 2 rings (SSSR count). The van der Waals surface area contributed by atoms with E-state index in [1.165, 1.54) is 9.97 Å². The predicted molar refractivity (Wildman–Crippen MR) is 94.4 cm³/mol. The Labute approximate surface area is 176 Å². The van der Waals surface area contributed by atoms with Crippen LogP contribution in [0.1, 0.15) is 26.5 Å². The van der Waals surface area contributed by atoms with Gasteiger partial charge in [-0.1, -0.05) is 0 Å². The maximum Gasteiger partial charge on any atom is 0.441 e. The van der Waals surface area contributed by atoms with Crippen LogP contribution >= 0.6 is 22.6 Å². The van der Waals surface area contributed by atoms with Crippen molar-refractivity contribution in [3.63, 3.8) is 0 Å². The molecule has 0 radical (unpaired) electrons. The number of carboxylic acids is 2. The number of rotatable bonds is 2. The minimum absolute atomic E-state index is 0.378. The second kappa shape index (κ2) is 10.6. The molecule has 0 amide bonds. The van der Waals surface area contributed by atoms with Crippen LogP contribution in [0, 0.1) is 0 Å². The Bertz CT molecular complexity index is 1140. The summed E-state index contributed by atoms with van der Waals surface area (Å²) in [6.45, 7) is 0. The number of hydrogen-bond acceptors (Lipinski definition) is 6. The molecule has 172 valence electrons. The molecule has 0 fully saturated rings. The highest BCUT2D eigenvalue weighted by atomic mass is 127. The van der Waals surface area contributed by atoms with Crippen LogP contribution in [0.25, 0.3) is 0 Å². The van der Waals surface area contributed by atoms with Crippen molar-refractivity contribution in [2.75, 3.05) is 0 Å². The van der Waals surface area contributed by atoms with Gasteiger partial charge < -0.3 is 20.2 Å². The molecule has 0 aliphatic rings. The van der Waals surface area contributed by atoms with Gasteiger partial charge in [0.25, 0.3) is 11.1 Å². The summed E-state index contributed by atoms with van der Waals surface area (Å²) in [6.07, 6.45) is -5.15. The van der Waals surface area contributed by atoms with E-state index in [2.05, 4.69) is 0 Å². The number of alkyl halides is 7. The molecule has 0 spiro atoms. The normalized spacial score (nSPS) is 10.8. The van der Waals surface area contributed by atoms with Gasteiger partial charge >= 0.3 is 33.7 Å². The molecular weight excluding hydrogens is 569 g/mol. The molecular formula is C12H7F6IN4O8. The monoisotopic (exact) mass is 576 g/mol. The summed E-state index contributed by atoms with van der Waals surface area (Å²) in [5.74, 6) is -3.38. The SMILES string of the molecule is FC(F)(F)I.O=C(O)c1[nH]c(=O)[nH]c(=O)c1C(F)(F)F.O=C(O)c1cc(=O)[nH]c(=O)[nH]1. The number of halogens is 7. The van der Waals surface area contributed by atoms with Crippen molar-refractivity contribution in [1.82, 2.24) is 19.9 Å². The molecule has 0 aliphatic heterocycles. The fourth-order valence-electron chi connectivity index (χ4n) is 1.50. The first-order valence-corrected chi connectivity index (χ1v) is 7.90. The zero-order valence-corrected chi connectivity index (χ0v) is 16.2. The second-order valence-electron chi connectivity index (χ2n) is 4.70. The summed E-state index contributed by atoms with van der Waals surface area (Å²) < 4.78 is 63.6. The lowest BCUT2D eigenvalue weighted by molar-refractivity contribution is -0.139. The van der Waals surface area contributed by atoms with Gasteiger partial charge in [0.05, 0.1) is 0 Å². The second-order valence-corrected chi connectivity index (χ2v) is 5.92. The number of aromatic nitrogens is 4. The van der Waals surface area contributed by atoms with Crippen molar-refractivity contribution in [3.8, 4) is 0 Å². The Hall–Kier alpha value is -3.39. The minimum Gasteiger partial charge on any atom is -0.477 e. The van der Waals surface area contributed by atoms with Crippen molar-refractivity contribution >= 4 is 34.5 Å². The van der Waals surface area contributed by atoms with Gasteiger partial charge in [-0.3, -0.25) is 19.6 Å². The van der Waals surface area contributed by atoms with E-state index in [0.29, 0.717) is 22.6 Å². The Morgan fingerprint density at radius 1 is 0.806 bits per heavy atom. The Kier molecular flexibility index (Phi) is 9.43. The Morgan fingerprint density at radius 3 is 1.61 bits per heavy atom. The Morgan fingerprint density at radius 2 is 1.26 bits per heavy atom. The van der Waals surface area contributed by atoms with Crippen molar-refractivity contribution in [1.29, 1.82) is 0 Å². The zero-order valence-electron chi connectivity index (χ0n) is 14.1. The van der Waals surface area contributed by atoms with Crippen LogP contribution in [0.3, 0.4) is 0 Å². The van der Waals surface area contributed by atoms with E-state index in [1.54, 1.807) is 0 Å². The lowest BCUT2D eigenvalue weighted by Gasteiger charge is -2.07. The molecule has 0 saturated carbocycles. The highest BCUT2D eigenvalue weighted by molar-refractivity contribution is 14.1. The molecule has 0 unspecified atom stereocenters. The highest BCUT2D eigenvalue weighted by Gasteiger charge is 2.39. The molecule has 0 aliphatic carbocycles. The topological polar surface area (TPSA) is 206 Å². The quantitative estimate of drug-likeness (QED) is 0.168. The van der Waals surface area contributed by atoms with Gasteiger partial charge in [0.2, 0.25) is 0 Å². The van der Waals surface area contributed by atoms with Gasteiger partial charge in [-0.2, -0.15) is 26.3 Å². The van der Waals surface area contributed by atoms with Crippen LogP contribution in [0.4, 0.5) is 26.3 Å². The number of nitrogens with one attached hydrogen (secondary N) is 4. The average molecular weight is 576 g/mol. The van der Waals surface area contributed by atoms with Crippen LogP contribution in [-0.2, 0) is 6.18 Å². The fraction of sp³-hybridized carbons (Fsp3) is 0.167. The standard InChI is InChI=1S/C6H3F3N2O4.C5H4N2O4.CF3I/c7-6(8,9)1-2(4(13)14)10-5(15)11-3(1)12;8-3-1-2(4(9)10)6-5(11)7-3;2-1(3,4)5/h(H,13,14)(H2,10,11,12,15);1H,(H,9,10)(H2,6,7,8,11);. The van der Waals surface area contributed by atoms with Crippen molar-refractivity contribution in [2.45, 2.75) is 10.4 Å². The fourth-order valence-corrected chi connectivity index (χ4v) is 1.50. The highest BCUT2D eigenvalue weighted by Crippen LogP contribution is 2.27. The van der Waals surface area contributed by atoms with E-state index in [-0.39, 0.29) is 0 Å². The summed E-state index contributed by atoms with van der Waals surface area (Å²) in [5, 5.41) is 16.7. The molecule has 2 aromatic heterocycles. The van der Waals surface area contributed by atoms with Gasteiger partial charge in [-0.25, -0.2) is 19.2 Å². The van der Waals surface area contributed by atoms with Crippen molar-refractivity contribution in [2.24, 2.45) is 0 Å². The number of H-pyrrole nitrogens is 4. The third-order valence-electron chi connectivity index (χ3n) is 2.43. The van der Waals surface area contributed by atoms with Crippen LogP contribution < -0.4 is 22.5 Å². The van der Waals surface area contributed by atoms with E-state index < -0.39 is 61.7 Å². The van der Waals surface area contributed by atoms with Crippen molar-refractivity contribution in [3.05, 3.63) is 64.7 Å². The molecule has 0 aromatic carbocycles. The van der Waals surface area contributed by atoms with Gasteiger partial charge in [-0.15, -0.1) is 0 Å². The van der Waals surface area contributed by atoms with Crippen LogP contribution in [0.15, 0.2) is 25.2 Å². The van der Waals surface area contributed by atoms with E-state index in [9.17, 15) is 55.1 Å². The molecule has 12 nitrogen and oxygen atoms in total.